The van der Waals surface area contributed by atoms with Gasteiger partial charge in [-0.15, -0.1) is 0 Å². The number of nitrogens with one attached hydrogen (secondary N) is 2. The van der Waals surface area contributed by atoms with Crippen LogP contribution in [-0.2, 0) is 17.8 Å². The van der Waals surface area contributed by atoms with Crippen molar-refractivity contribution in [2.45, 2.75) is 51.5 Å². The molecule has 2 aromatic rings. The molecule has 0 radical (unpaired) electrons. The third kappa shape index (κ3) is 3.64. The van der Waals surface area contributed by atoms with Crippen LogP contribution in [0.5, 0.6) is 5.75 Å². The van der Waals surface area contributed by atoms with Gasteiger partial charge in [-0.3, -0.25) is 9.78 Å². The molecule has 0 spiro atoms. The molecule has 0 saturated heterocycles. The minimum absolute atomic E-state index is 0.0221. The number of fused-ring (bicyclic) bond motifs is 5. The van der Waals surface area contributed by atoms with Gasteiger partial charge in [0.25, 0.3) is 5.91 Å². The fraction of sp³-hybridized carbons (Fsp3) is 0.429. The number of amides is 1. The van der Waals surface area contributed by atoms with Gasteiger partial charge >= 0.3 is 0 Å². The number of aryl methyl sites for hydroxylation is 1. The molecule has 0 bridgehead atoms. The van der Waals surface area contributed by atoms with Gasteiger partial charge in [-0.05, 0) is 102 Å². The van der Waals surface area contributed by atoms with Crippen LogP contribution < -0.4 is 10.6 Å². The molecule has 1 aromatic carbocycles. The van der Waals surface area contributed by atoms with Crippen LogP contribution in [0.25, 0.3) is 0 Å². The summed E-state index contributed by atoms with van der Waals surface area (Å²) >= 11 is 0. The molecular formula is C28H33N3O2. The molecule has 3 aliphatic rings. The molecule has 0 aliphatic heterocycles. The van der Waals surface area contributed by atoms with Gasteiger partial charge in [0, 0.05) is 13.2 Å². The minimum atomic E-state index is -0.0948. The smallest absolute Gasteiger partial charge is 0.267 e. The van der Waals surface area contributed by atoms with Crippen molar-refractivity contribution in [3.63, 3.8) is 0 Å². The van der Waals surface area contributed by atoms with Gasteiger partial charge in [0.1, 0.15) is 11.4 Å². The minimum Gasteiger partial charge on any atom is -0.508 e. The van der Waals surface area contributed by atoms with Gasteiger partial charge in [-0.2, -0.15) is 0 Å². The van der Waals surface area contributed by atoms with Gasteiger partial charge in [0.15, 0.2) is 0 Å². The summed E-state index contributed by atoms with van der Waals surface area (Å²) in [4.78, 5) is 17.4. The van der Waals surface area contributed by atoms with E-state index in [1.807, 2.05) is 37.4 Å². The second-order valence-electron chi connectivity index (χ2n) is 10.0. The highest BCUT2D eigenvalue weighted by Crippen LogP contribution is 2.64. The van der Waals surface area contributed by atoms with E-state index in [1.165, 1.54) is 11.1 Å². The Bertz CT molecular complexity index is 1120. The summed E-state index contributed by atoms with van der Waals surface area (Å²) < 4.78 is 0. The van der Waals surface area contributed by atoms with E-state index in [9.17, 15) is 9.90 Å². The van der Waals surface area contributed by atoms with Crippen LogP contribution in [0.15, 0.2) is 66.0 Å². The number of aromatic nitrogens is 1. The molecule has 1 aromatic heterocycles. The zero-order valence-corrected chi connectivity index (χ0v) is 19.5. The molecule has 1 amide bonds. The fourth-order valence-corrected chi connectivity index (χ4v) is 6.74. The largest absolute Gasteiger partial charge is 0.508 e. The summed E-state index contributed by atoms with van der Waals surface area (Å²) in [6.07, 6.45) is 6.96. The summed E-state index contributed by atoms with van der Waals surface area (Å²) in [5, 5.41) is 16.2. The maximum Gasteiger partial charge on any atom is 0.267 e. The van der Waals surface area contributed by atoms with Crippen molar-refractivity contribution in [1.82, 2.24) is 15.6 Å². The van der Waals surface area contributed by atoms with Crippen molar-refractivity contribution in [2.75, 3.05) is 7.05 Å². The van der Waals surface area contributed by atoms with E-state index in [0.717, 1.165) is 48.9 Å². The number of hydrogen-bond acceptors (Lipinski definition) is 4. The van der Waals surface area contributed by atoms with Crippen LogP contribution in [0.2, 0.25) is 0 Å². The van der Waals surface area contributed by atoms with Crippen molar-refractivity contribution in [3.05, 3.63) is 82.8 Å². The Balaban J connectivity index is 1.41. The maximum atomic E-state index is 13.1. The predicted molar refractivity (Wildman–Crippen MR) is 129 cm³/mol. The van der Waals surface area contributed by atoms with Gasteiger partial charge in [-0.1, -0.05) is 25.6 Å². The number of carbonyl (C=O) groups is 1. The average molecular weight is 444 g/mol. The molecular weight excluding hydrogens is 410 g/mol. The zero-order valence-electron chi connectivity index (χ0n) is 19.5. The van der Waals surface area contributed by atoms with Crippen molar-refractivity contribution >= 4 is 5.91 Å². The molecule has 3 N–H and O–H groups in total. The number of phenolic OH excluding ortho intramolecular Hbond substituents is 1. The molecule has 4 atom stereocenters. The molecule has 3 aliphatic carbocycles. The molecule has 5 nitrogen and oxygen atoms in total. The van der Waals surface area contributed by atoms with E-state index in [2.05, 4.69) is 35.2 Å². The monoisotopic (exact) mass is 443 g/mol. The number of phenols is 1. The van der Waals surface area contributed by atoms with E-state index in [1.54, 1.807) is 6.20 Å². The number of allylic oxidation sites excluding steroid dienone is 2. The summed E-state index contributed by atoms with van der Waals surface area (Å²) in [5.74, 6) is 1.85. The van der Waals surface area contributed by atoms with E-state index in [4.69, 9.17) is 0 Å². The van der Waals surface area contributed by atoms with Gasteiger partial charge in [0.2, 0.25) is 0 Å². The average Bonchev–Trinajstić information content (AvgIpc) is 3.09. The molecule has 172 valence electrons. The number of likely N-dealkylation sites (N-methyl/N-ethyl adjacent to an activating group) is 1. The maximum absolute atomic E-state index is 13.1. The number of benzene rings is 1. The van der Waals surface area contributed by atoms with Crippen LogP contribution in [0.1, 0.15) is 55.3 Å². The van der Waals surface area contributed by atoms with E-state index < -0.39 is 0 Å². The van der Waals surface area contributed by atoms with Crippen molar-refractivity contribution in [3.8, 4) is 5.75 Å². The third-order valence-electron chi connectivity index (χ3n) is 8.51. The van der Waals surface area contributed by atoms with Gasteiger partial charge < -0.3 is 15.7 Å². The topological polar surface area (TPSA) is 74.2 Å². The number of aromatic hydroxyl groups is 1. The number of carbonyl (C=O) groups excluding carboxylic acids is 1. The lowest BCUT2D eigenvalue weighted by atomic mass is 9.55. The Kier molecular flexibility index (Phi) is 5.51. The summed E-state index contributed by atoms with van der Waals surface area (Å²) in [6.45, 7) is 7.29. The first-order chi connectivity index (χ1) is 15.9. The molecule has 1 heterocycles. The first-order valence-corrected chi connectivity index (χ1v) is 12.0. The van der Waals surface area contributed by atoms with Crippen LogP contribution in [0.4, 0.5) is 0 Å². The number of rotatable bonds is 4. The Morgan fingerprint density at radius 1 is 1.27 bits per heavy atom. The fourth-order valence-electron chi connectivity index (χ4n) is 6.74. The van der Waals surface area contributed by atoms with Gasteiger partial charge in [-0.25, -0.2) is 0 Å². The first-order valence-electron chi connectivity index (χ1n) is 12.0. The SMILES string of the molecule is C=C1/C(=C(\NC)C(=O)NCc2ccccn2)CC2C3CCc4cc(O)ccc4C3CC[C@]12C. The highest BCUT2D eigenvalue weighted by Gasteiger charge is 2.54. The lowest BCUT2D eigenvalue weighted by molar-refractivity contribution is -0.118. The molecule has 33 heavy (non-hydrogen) atoms. The van der Waals surface area contributed by atoms with E-state index >= 15 is 0 Å². The van der Waals surface area contributed by atoms with Crippen molar-refractivity contribution < 1.29 is 9.90 Å². The van der Waals surface area contributed by atoms with Crippen LogP contribution in [0, 0.1) is 17.3 Å². The molecule has 2 fully saturated rings. The van der Waals surface area contributed by atoms with Crippen LogP contribution in [-0.4, -0.2) is 23.0 Å². The third-order valence-corrected chi connectivity index (χ3v) is 8.51. The quantitative estimate of drug-likeness (QED) is 0.604. The Hall–Kier alpha value is -3.08. The Morgan fingerprint density at radius 2 is 2.12 bits per heavy atom. The lowest BCUT2D eigenvalue weighted by Crippen LogP contribution is -2.40. The second-order valence-corrected chi connectivity index (χ2v) is 10.0. The lowest BCUT2D eigenvalue weighted by Gasteiger charge is -2.49. The van der Waals surface area contributed by atoms with Crippen molar-refractivity contribution in [2.24, 2.45) is 17.3 Å². The molecule has 5 heteroatoms. The number of hydrogen-bond donors (Lipinski definition) is 3. The zero-order chi connectivity index (χ0) is 23.2. The number of nitrogens with zero attached hydrogens (tertiary/aromatic N) is 1. The summed E-state index contributed by atoms with van der Waals surface area (Å²) in [7, 11) is 1.83. The number of pyridine rings is 1. The highest BCUT2D eigenvalue weighted by atomic mass is 16.3. The molecule has 5 rings (SSSR count). The predicted octanol–water partition coefficient (Wildman–Crippen LogP) is 4.60. The van der Waals surface area contributed by atoms with E-state index in [0.29, 0.717) is 35.7 Å². The normalized spacial score (nSPS) is 29.5. The summed E-state index contributed by atoms with van der Waals surface area (Å²) in [6, 6.07) is 11.6. The standard InChI is InChI=1S/C28H33N3O2/c1-17-24(26(29-3)27(33)31-16-19-6-4-5-13-30-19)15-25-23-9-7-18-14-20(32)8-10-21(18)22(23)11-12-28(17,25)2/h4-6,8,10,13-14,22-23,25,29,32H,1,7,9,11-12,15-16H2,2-3H3,(H,31,33)/b26-24-/t22?,23?,25?,28-/m1/s1. The first kappa shape index (κ1) is 21.7. The molecule has 3 unspecified atom stereocenters. The van der Waals surface area contributed by atoms with Crippen LogP contribution >= 0.6 is 0 Å². The second kappa shape index (κ2) is 8.36. The Morgan fingerprint density at radius 3 is 2.88 bits per heavy atom. The van der Waals surface area contributed by atoms with E-state index in [-0.39, 0.29) is 11.3 Å². The summed E-state index contributed by atoms with van der Waals surface area (Å²) in [5.41, 5.74) is 6.43. The Labute approximate surface area is 196 Å². The highest BCUT2D eigenvalue weighted by molar-refractivity contribution is 5.94. The van der Waals surface area contributed by atoms with Gasteiger partial charge in [0.05, 0.1) is 12.2 Å². The molecule has 2 saturated carbocycles. The van der Waals surface area contributed by atoms with Crippen molar-refractivity contribution in [1.29, 1.82) is 0 Å². The van der Waals surface area contributed by atoms with Crippen LogP contribution in [0.3, 0.4) is 0 Å².